The largest absolute Gasteiger partial charge is 0.493 e. The van der Waals surface area contributed by atoms with Gasteiger partial charge in [-0.15, -0.1) is 11.3 Å². The van der Waals surface area contributed by atoms with Crippen LogP contribution >= 0.6 is 11.3 Å². The van der Waals surface area contributed by atoms with Crippen LogP contribution in [0.3, 0.4) is 0 Å². The highest BCUT2D eigenvalue weighted by Gasteiger charge is 2.28. The molecule has 162 valence electrons. The van der Waals surface area contributed by atoms with Gasteiger partial charge < -0.3 is 18.9 Å². The van der Waals surface area contributed by atoms with Gasteiger partial charge in [-0.1, -0.05) is 6.07 Å². The van der Waals surface area contributed by atoms with Crippen molar-refractivity contribution >= 4 is 11.3 Å². The van der Waals surface area contributed by atoms with Crippen LogP contribution in [0.4, 0.5) is 0 Å². The minimum absolute atomic E-state index is 0.377. The van der Waals surface area contributed by atoms with Gasteiger partial charge in [-0.3, -0.25) is 4.90 Å². The second-order valence-corrected chi connectivity index (χ2v) is 8.60. The van der Waals surface area contributed by atoms with Crippen LogP contribution in [0.2, 0.25) is 0 Å². The Morgan fingerprint density at radius 2 is 1.87 bits per heavy atom. The molecule has 1 saturated heterocycles. The number of ether oxygens (including phenoxy) is 4. The van der Waals surface area contributed by atoms with Crippen molar-refractivity contribution in [3.63, 3.8) is 0 Å². The molecule has 0 aliphatic carbocycles. The Kier molecular flexibility index (Phi) is 5.70. The zero-order valence-corrected chi connectivity index (χ0v) is 18.6. The molecule has 0 spiro atoms. The van der Waals surface area contributed by atoms with Crippen molar-refractivity contribution in [2.75, 3.05) is 34.0 Å². The van der Waals surface area contributed by atoms with Crippen molar-refractivity contribution in [1.82, 2.24) is 9.88 Å². The standard InChI is InChI=1S/C24H26N2O4S/c1-27-20-7-6-17(13-22(20)28-2)24-25-18(15-31-24)14-26-9-3-4-19(26)16-5-8-21-23(12-16)30-11-10-29-21/h5-8,12-13,15,19H,3-4,9-11,14H2,1-2H3/t19-/m0/s1. The van der Waals surface area contributed by atoms with Gasteiger partial charge in [-0.25, -0.2) is 4.98 Å². The number of hydrogen-bond donors (Lipinski definition) is 0. The lowest BCUT2D eigenvalue weighted by Crippen LogP contribution is -2.23. The van der Waals surface area contributed by atoms with Crippen LogP contribution in [-0.2, 0) is 6.54 Å². The lowest BCUT2D eigenvalue weighted by Gasteiger charge is -2.26. The van der Waals surface area contributed by atoms with Gasteiger partial charge in [-0.05, 0) is 55.3 Å². The number of rotatable bonds is 6. The summed E-state index contributed by atoms with van der Waals surface area (Å²) in [4.78, 5) is 7.42. The Morgan fingerprint density at radius 3 is 2.71 bits per heavy atom. The van der Waals surface area contributed by atoms with E-state index in [-0.39, 0.29) is 0 Å². The van der Waals surface area contributed by atoms with Gasteiger partial charge in [0.2, 0.25) is 0 Å². The zero-order valence-electron chi connectivity index (χ0n) is 17.8. The fraction of sp³-hybridized carbons (Fsp3) is 0.375. The quantitative estimate of drug-likeness (QED) is 0.544. The first-order valence-corrected chi connectivity index (χ1v) is 11.4. The number of nitrogens with zero attached hydrogens (tertiary/aromatic N) is 2. The molecule has 0 bridgehead atoms. The van der Waals surface area contributed by atoms with E-state index >= 15 is 0 Å². The van der Waals surface area contributed by atoms with Gasteiger partial charge in [0.1, 0.15) is 18.2 Å². The van der Waals surface area contributed by atoms with Gasteiger partial charge in [-0.2, -0.15) is 0 Å². The van der Waals surface area contributed by atoms with Crippen LogP contribution in [0, 0.1) is 0 Å². The van der Waals surface area contributed by atoms with Crippen LogP contribution in [0.1, 0.15) is 30.1 Å². The molecule has 6 nitrogen and oxygen atoms in total. The maximum atomic E-state index is 5.79. The maximum Gasteiger partial charge on any atom is 0.161 e. The van der Waals surface area contributed by atoms with Gasteiger partial charge >= 0.3 is 0 Å². The smallest absolute Gasteiger partial charge is 0.161 e. The molecule has 0 saturated carbocycles. The first-order chi connectivity index (χ1) is 15.2. The Hall–Kier alpha value is -2.77. The number of likely N-dealkylation sites (tertiary alicyclic amines) is 1. The third-order valence-electron chi connectivity index (χ3n) is 5.86. The van der Waals surface area contributed by atoms with Crippen molar-refractivity contribution in [2.24, 2.45) is 0 Å². The Bertz CT molecular complexity index is 1070. The van der Waals surface area contributed by atoms with E-state index in [0.29, 0.717) is 19.3 Å². The second kappa shape index (κ2) is 8.77. The van der Waals surface area contributed by atoms with E-state index in [4.69, 9.17) is 23.9 Å². The molecule has 2 aromatic carbocycles. The topological polar surface area (TPSA) is 53.1 Å². The van der Waals surface area contributed by atoms with Gasteiger partial charge in [0.05, 0.1) is 19.9 Å². The lowest BCUT2D eigenvalue weighted by atomic mass is 10.0. The first-order valence-electron chi connectivity index (χ1n) is 10.6. The molecule has 2 aliphatic rings. The van der Waals surface area contributed by atoms with Gasteiger partial charge in [0.25, 0.3) is 0 Å². The summed E-state index contributed by atoms with van der Waals surface area (Å²) in [7, 11) is 3.30. The van der Waals surface area contributed by atoms with Crippen molar-refractivity contribution < 1.29 is 18.9 Å². The van der Waals surface area contributed by atoms with Crippen LogP contribution in [0.25, 0.3) is 10.6 Å². The van der Waals surface area contributed by atoms with E-state index < -0.39 is 0 Å². The molecule has 31 heavy (non-hydrogen) atoms. The SMILES string of the molecule is COc1ccc(-c2nc(CN3CCC[C@H]3c3ccc4c(c3)OCCO4)cs2)cc1OC. The summed E-state index contributed by atoms with van der Waals surface area (Å²) >= 11 is 1.66. The highest BCUT2D eigenvalue weighted by atomic mass is 32.1. The number of benzene rings is 2. The maximum absolute atomic E-state index is 5.79. The molecule has 1 fully saturated rings. The molecule has 5 rings (SSSR count). The molecule has 7 heteroatoms. The summed E-state index contributed by atoms with van der Waals surface area (Å²) in [6, 6.07) is 12.7. The van der Waals surface area contributed by atoms with E-state index in [2.05, 4.69) is 22.4 Å². The predicted molar refractivity (Wildman–Crippen MR) is 120 cm³/mol. The van der Waals surface area contributed by atoms with Crippen LogP contribution in [0.5, 0.6) is 23.0 Å². The van der Waals surface area contributed by atoms with Gasteiger partial charge in [0.15, 0.2) is 23.0 Å². The van der Waals surface area contributed by atoms with E-state index in [0.717, 1.165) is 58.8 Å². The molecule has 0 amide bonds. The van der Waals surface area contributed by atoms with Crippen LogP contribution in [0.15, 0.2) is 41.8 Å². The molecule has 1 atom stereocenters. The average Bonchev–Trinajstić information content (AvgIpc) is 3.48. The molecule has 0 radical (unpaired) electrons. The van der Waals surface area contributed by atoms with E-state index in [1.807, 2.05) is 24.3 Å². The van der Waals surface area contributed by atoms with E-state index in [1.54, 1.807) is 25.6 Å². The Morgan fingerprint density at radius 1 is 1.03 bits per heavy atom. The highest BCUT2D eigenvalue weighted by molar-refractivity contribution is 7.13. The minimum atomic E-state index is 0.377. The zero-order chi connectivity index (χ0) is 21.2. The number of thiazole rings is 1. The molecule has 3 aromatic rings. The fourth-order valence-corrected chi connectivity index (χ4v) is 5.16. The normalized spacial score (nSPS) is 18.2. The molecule has 0 unspecified atom stereocenters. The van der Waals surface area contributed by atoms with E-state index in [9.17, 15) is 0 Å². The molecule has 0 N–H and O–H groups in total. The minimum Gasteiger partial charge on any atom is -0.493 e. The van der Waals surface area contributed by atoms with Crippen molar-refractivity contribution in [3.05, 3.63) is 53.0 Å². The summed E-state index contributed by atoms with van der Waals surface area (Å²) in [5.41, 5.74) is 3.43. The summed E-state index contributed by atoms with van der Waals surface area (Å²) in [6.45, 7) is 3.14. The monoisotopic (exact) mass is 438 g/mol. The van der Waals surface area contributed by atoms with Crippen molar-refractivity contribution in [1.29, 1.82) is 0 Å². The third kappa shape index (κ3) is 4.07. The average molecular weight is 439 g/mol. The lowest BCUT2D eigenvalue weighted by molar-refractivity contribution is 0.170. The highest BCUT2D eigenvalue weighted by Crippen LogP contribution is 2.39. The first kappa shape index (κ1) is 20.2. The second-order valence-electron chi connectivity index (χ2n) is 7.75. The van der Waals surface area contributed by atoms with Crippen molar-refractivity contribution in [2.45, 2.75) is 25.4 Å². The van der Waals surface area contributed by atoms with Crippen LogP contribution < -0.4 is 18.9 Å². The van der Waals surface area contributed by atoms with Crippen molar-refractivity contribution in [3.8, 4) is 33.6 Å². The molecular formula is C24H26N2O4S. The number of methoxy groups -OCH3 is 2. The molecule has 1 aromatic heterocycles. The third-order valence-corrected chi connectivity index (χ3v) is 6.80. The Labute approximate surface area is 186 Å². The number of hydrogen-bond acceptors (Lipinski definition) is 7. The molecular weight excluding hydrogens is 412 g/mol. The number of fused-ring (bicyclic) bond motifs is 1. The predicted octanol–water partition coefficient (Wildman–Crippen LogP) is 4.94. The summed E-state index contributed by atoms with van der Waals surface area (Å²) in [5.74, 6) is 3.15. The summed E-state index contributed by atoms with van der Waals surface area (Å²) < 4.78 is 22.3. The summed E-state index contributed by atoms with van der Waals surface area (Å²) in [5, 5.41) is 3.15. The van der Waals surface area contributed by atoms with Gasteiger partial charge in [0, 0.05) is 23.5 Å². The fourth-order valence-electron chi connectivity index (χ4n) is 4.35. The van der Waals surface area contributed by atoms with Crippen LogP contribution in [-0.4, -0.2) is 43.9 Å². The summed E-state index contributed by atoms with van der Waals surface area (Å²) in [6.07, 6.45) is 2.33. The van der Waals surface area contributed by atoms with E-state index in [1.165, 1.54) is 12.0 Å². The Balaban J connectivity index is 1.33. The molecule has 2 aliphatic heterocycles. The molecule has 3 heterocycles. The number of aromatic nitrogens is 1.